The summed E-state index contributed by atoms with van der Waals surface area (Å²) in [6.07, 6.45) is -0.113. The third-order valence-electron chi connectivity index (χ3n) is 2.98. The average molecular weight is 310 g/mol. The topological polar surface area (TPSA) is 79.2 Å². The fourth-order valence-electron chi connectivity index (χ4n) is 1.84. The molecule has 0 heterocycles. The van der Waals surface area contributed by atoms with E-state index < -0.39 is 35.5 Å². The number of hydrogen-bond acceptors (Lipinski definition) is 4. The van der Waals surface area contributed by atoms with E-state index in [1.54, 1.807) is 6.92 Å². The number of rotatable bonds is 6. The molecule has 1 rings (SSSR count). The Bertz CT molecular complexity index is 599. The number of amides is 1. The first-order valence-corrected chi connectivity index (χ1v) is 6.58. The van der Waals surface area contributed by atoms with Gasteiger partial charge in [0.05, 0.1) is 19.6 Å². The second kappa shape index (κ2) is 8.08. The molecular weight excluding hydrogens is 294 g/mol. The fourth-order valence-corrected chi connectivity index (χ4v) is 1.84. The van der Waals surface area contributed by atoms with Gasteiger partial charge in [0.2, 0.25) is 5.91 Å². The summed E-state index contributed by atoms with van der Waals surface area (Å²) in [4.78, 5) is 23.5. The fraction of sp³-hybridized carbons (Fsp3) is 0.400. The Hall–Kier alpha value is -2.49. The van der Waals surface area contributed by atoms with E-state index in [4.69, 9.17) is 5.26 Å². The first-order valence-electron chi connectivity index (χ1n) is 6.58. The molecule has 5 nitrogen and oxygen atoms in total. The lowest BCUT2D eigenvalue weighted by Gasteiger charge is -2.17. The zero-order valence-corrected chi connectivity index (χ0v) is 12.2. The number of esters is 1. The normalized spacial score (nSPS) is 12.9. The van der Waals surface area contributed by atoms with Crippen LogP contribution in [0.5, 0.6) is 0 Å². The Morgan fingerprint density at radius 1 is 1.36 bits per heavy atom. The molecule has 0 unspecified atom stereocenters. The molecule has 7 heteroatoms. The SMILES string of the molecule is COC(=O)[C@@H](C[C@@H](C)C#N)NC(=O)Cc1ccc(F)c(F)c1. The van der Waals surface area contributed by atoms with Crippen molar-refractivity contribution in [3.8, 4) is 6.07 Å². The van der Waals surface area contributed by atoms with Crippen molar-refractivity contribution in [1.29, 1.82) is 5.26 Å². The van der Waals surface area contributed by atoms with Gasteiger partial charge < -0.3 is 10.1 Å². The molecule has 0 aliphatic carbocycles. The van der Waals surface area contributed by atoms with Gasteiger partial charge >= 0.3 is 5.97 Å². The molecule has 0 aromatic heterocycles. The van der Waals surface area contributed by atoms with E-state index in [1.807, 2.05) is 6.07 Å². The summed E-state index contributed by atoms with van der Waals surface area (Å²) in [6, 6.07) is 4.12. The minimum atomic E-state index is -1.05. The number of benzene rings is 1. The summed E-state index contributed by atoms with van der Waals surface area (Å²) < 4.78 is 30.5. The largest absolute Gasteiger partial charge is 0.467 e. The lowest BCUT2D eigenvalue weighted by molar-refractivity contribution is -0.145. The predicted octanol–water partition coefficient (Wildman–Crippen LogP) is 1.71. The van der Waals surface area contributed by atoms with Crippen LogP contribution in [0.15, 0.2) is 18.2 Å². The van der Waals surface area contributed by atoms with Crippen molar-refractivity contribution in [3.05, 3.63) is 35.4 Å². The van der Waals surface area contributed by atoms with Crippen LogP contribution in [0, 0.1) is 28.9 Å². The maximum Gasteiger partial charge on any atom is 0.328 e. The molecule has 1 aromatic rings. The van der Waals surface area contributed by atoms with E-state index in [-0.39, 0.29) is 18.4 Å². The Kier molecular flexibility index (Phi) is 6.45. The van der Waals surface area contributed by atoms with Crippen molar-refractivity contribution in [1.82, 2.24) is 5.32 Å². The molecule has 0 bridgehead atoms. The molecule has 0 radical (unpaired) electrons. The van der Waals surface area contributed by atoms with Crippen LogP contribution in [-0.4, -0.2) is 25.0 Å². The maximum absolute atomic E-state index is 13.1. The second-order valence-corrected chi connectivity index (χ2v) is 4.83. The molecule has 22 heavy (non-hydrogen) atoms. The molecule has 2 atom stereocenters. The standard InChI is InChI=1S/C15H16F2N2O3/c1-9(8-18)5-13(15(21)22-2)19-14(20)7-10-3-4-11(16)12(17)6-10/h3-4,6,9,13H,5,7H2,1-2H3,(H,19,20)/t9-,13-/m1/s1. The quantitative estimate of drug-likeness (QED) is 0.811. The summed E-state index contributed by atoms with van der Waals surface area (Å²) in [5, 5.41) is 11.2. The highest BCUT2D eigenvalue weighted by atomic mass is 19.2. The van der Waals surface area contributed by atoms with Crippen LogP contribution >= 0.6 is 0 Å². The number of nitrogens with one attached hydrogen (secondary N) is 1. The number of nitriles is 1. The molecule has 0 aliphatic heterocycles. The van der Waals surface area contributed by atoms with Crippen LogP contribution < -0.4 is 5.32 Å². The lowest BCUT2D eigenvalue weighted by Crippen LogP contribution is -2.43. The molecule has 0 saturated heterocycles. The minimum absolute atomic E-state index is 0.104. The first kappa shape index (κ1) is 17.6. The Morgan fingerprint density at radius 3 is 2.59 bits per heavy atom. The minimum Gasteiger partial charge on any atom is -0.467 e. The van der Waals surface area contributed by atoms with Gasteiger partial charge in [0.25, 0.3) is 0 Å². The van der Waals surface area contributed by atoms with Gasteiger partial charge in [-0.2, -0.15) is 5.26 Å². The summed E-state index contributed by atoms with van der Waals surface area (Å²) in [7, 11) is 1.17. The zero-order chi connectivity index (χ0) is 16.7. The number of nitrogens with zero attached hydrogens (tertiary/aromatic N) is 1. The van der Waals surface area contributed by atoms with E-state index >= 15 is 0 Å². The van der Waals surface area contributed by atoms with Crippen molar-refractivity contribution in [3.63, 3.8) is 0 Å². The van der Waals surface area contributed by atoms with Gasteiger partial charge in [-0.05, 0) is 31.0 Å². The third kappa shape index (κ3) is 5.13. The number of halogens is 2. The van der Waals surface area contributed by atoms with Gasteiger partial charge in [-0.1, -0.05) is 6.07 Å². The molecule has 0 saturated carbocycles. The van der Waals surface area contributed by atoms with Crippen molar-refractivity contribution in [2.24, 2.45) is 5.92 Å². The van der Waals surface area contributed by atoms with Gasteiger partial charge in [-0.3, -0.25) is 4.79 Å². The number of carbonyl (C=O) groups excluding carboxylic acids is 2. The molecule has 0 spiro atoms. The molecule has 1 amide bonds. The highest BCUT2D eigenvalue weighted by Crippen LogP contribution is 2.10. The van der Waals surface area contributed by atoms with Crippen molar-refractivity contribution >= 4 is 11.9 Å². The Labute approximate surface area is 126 Å². The van der Waals surface area contributed by atoms with Gasteiger partial charge in [-0.25, -0.2) is 13.6 Å². The van der Waals surface area contributed by atoms with Crippen LogP contribution in [0.3, 0.4) is 0 Å². The van der Waals surface area contributed by atoms with Gasteiger partial charge in [0.15, 0.2) is 11.6 Å². The van der Waals surface area contributed by atoms with E-state index in [0.717, 1.165) is 12.1 Å². The second-order valence-electron chi connectivity index (χ2n) is 4.83. The van der Waals surface area contributed by atoms with E-state index in [2.05, 4.69) is 10.1 Å². The average Bonchev–Trinajstić information content (AvgIpc) is 2.49. The van der Waals surface area contributed by atoms with Crippen molar-refractivity contribution < 1.29 is 23.1 Å². The predicted molar refractivity (Wildman–Crippen MR) is 73.4 cm³/mol. The summed E-state index contributed by atoms with van der Waals surface area (Å²) in [5.74, 6) is -3.72. The van der Waals surface area contributed by atoms with Crippen LogP contribution in [0.4, 0.5) is 8.78 Å². The number of methoxy groups -OCH3 is 1. The number of carbonyl (C=O) groups is 2. The monoisotopic (exact) mass is 310 g/mol. The summed E-state index contributed by atoms with van der Waals surface area (Å²) in [6.45, 7) is 1.61. The number of hydrogen-bond donors (Lipinski definition) is 1. The summed E-state index contributed by atoms with van der Waals surface area (Å²) >= 11 is 0. The molecule has 0 aliphatic rings. The summed E-state index contributed by atoms with van der Waals surface area (Å²) in [5.41, 5.74) is 0.272. The molecule has 1 N–H and O–H groups in total. The van der Waals surface area contributed by atoms with Gasteiger partial charge in [0.1, 0.15) is 6.04 Å². The van der Waals surface area contributed by atoms with Crippen LogP contribution in [-0.2, 0) is 20.7 Å². The van der Waals surface area contributed by atoms with Crippen LogP contribution in [0.2, 0.25) is 0 Å². The molecule has 0 fully saturated rings. The van der Waals surface area contributed by atoms with Crippen LogP contribution in [0.1, 0.15) is 18.9 Å². The molecule has 118 valence electrons. The van der Waals surface area contributed by atoms with Crippen molar-refractivity contribution in [2.45, 2.75) is 25.8 Å². The van der Waals surface area contributed by atoms with E-state index in [0.29, 0.717) is 0 Å². The van der Waals surface area contributed by atoms with Gasteiger partial charge in [0, 0.05) is 5.92 Å². The Morgan fingerprint density at radius 2 is 2.05 bits per heavy atom. The zero-order valence-electron chi connectivity index (χ0n) is 12.2. The van der Waals surface area contributed by atoms with Crippen LogP contribution in [0.25, 0.3) is 0 Å². The maximum atomic E-state index is 13.1. The van der Waals surface area contributed by atoms with E-state index in [9.17, 15) is 18.4 Å². The highest BCUT2D eigenvalue weighted by molar-refractivity contribution is 5.85. The molecular formula is C15H16F2N2O3. The van der Waals surface area contributed by atoms with Crippen molar-refractivity contribution in [2.75, 3.05) is 7.11 Å². The highest BCUT2D eigenvalue weighted by Gasteiger charge is 2.24. The smallest absolute Gasteiger partial charge is 0.328 e. The Balaban J connectivity index is 2.72. The lowest BCUT2D eigenvalue weighted by atomic mass is 10.0. The van der Waals surface area contributed by atoms with E-state index in [1.165, 1.54) is 13.2 Å². The van der Waals surface area contributed by atoms with Gasteiger partial charge in [-0.15, -0.1) is 0 Å². The third-order valence-corrected chi connectivity index (χ3v) is 2.98. The first-order chi connectivity index (χ1) is 10.4. The number of ether oxygens (including phenoxy) is 1. The molecule has 1 aromatic carbocycles.